The van der Waals surface area contributed by atoms with Gasteiger partial charge in [-0.1, -0.05) is 55.5 Å². The predicted octanol–water partition coefficient (Wildman–Crippen LogP) is 2.77. The highest BCUT2D eigenvalue weighted by Crippen LogP contribution is 2.44. The maximum absolute atomic E-state index is 12.3. The van der Waals surface area contributed by atoms with Crippen LogP contribution < -0.4 is 10.6 Å². The normalized spacial score (nSPS) is 19.9. The zero-order valence-electron chi connectivity index (χ0n) is 18.5. The first kappa shape index (κ1) is 22.8. The zero-order valence-corrected chi connectivity index (χ0v) is 18.5. The van der Waals surface area contributed by atoms with Crippen LogP contribution in [0.2, 0.25) is 0 Å². The highest BCUT2D eigenvalue weighted by atomic mass is 16.5. The van der Waals surface area contributed by atoms with Crippen LogP contribution in [0.4, 0.5) is 4.79 Å². The van der Waals surface area contributed by atoms with E-state index in [0.29, 0.717) is 6.42 Å². The molecular weight excluding hydrogens is 424 g/mol. The number of aliphatic carboxylic acids is 1. The molecule has 0 aromatic heterocycles. The van der Waals surface area contributed by atoms with Gasteiger partial charge in [0.25, 0.3) is 0 Å². The number of nitrogens with one attached hydrogen (secondary N) is 2. The van der Waals surface area contributed by atoms with Crippen molar-refractivity contribution < 1.29 is 29.0 Å². The highest BCUT2D eigenvalue weighted by Gasteiger charge is 2.32. The summed E-state index contributed by atoms with van der Waals surface area (Å²) in [5.74, 6) is -2.20. The molecule has 3 N–H and O–H groups in total. The van der Waals surface area contributed by atoms with Gasteiger partial charge in [-0.05, 0) is 28.7 Å². The van der Waals surface area contributed by atoms with Crippen molar-refractivity contribution in [2.75, 3.05) is 26.3 Å². The number of hydrogen-bond donors (Lipinski definition) is 3. The van der Waals surface area contributed by atoms with Gasteiger partial charge in [-0.2, -0.15) is 0 Å². The third kappa shape index (κ3) is 5.17. The van der Waals surface area contributed by atoms with Gasteiger partial charge in [0, 0.05) is 19.0 Å². The number of hydrogen-bond acceptors (Lipinski definition) is 5. The number of ether oxygens (including phenoxy) is 2. The molecule has 1 unspecified atom stereocenters. The molecule has 2 aromatic carbocycles. The lowest BCUT2D eigenvalue weighted by Crippen LogP contribution is -2.36. The molecule has 4 rings (SSSR count). The van der Waals surface area contributed by atoms with Crippen LogP contribution in [-0.2, 0) is 19.1 Å². The highest BCUT2D eigenvalue weighted by molar-refractivity contribution is 5.80. The summed E-state index contributed by atoms with van der Waals surface area (Å²) in [4.78, 5) is 35.4. The molecule has 0 saturated carbocycles. The van der Waals surface area contributed by atoms with E-state index in [1.165, 1.54) is 18.1 Å². The average Bonchev–Trinajstić information content (AvgIpc) is 3.42. The topological polar surface area (TPSA) is 114 Å². The van der Waals surface area contributed by atoms with Crippen molar-refractivity contribution >= 4 is 18.0 Å². The Balaban J connectivity index is 1.22. The maximum Gasteiger partial charge on any atom is 0.407 e. The molecular formula is C25H28N2O6. The van der Waals surface area contributed by atoms with Crippen LogP contribution in [0.3, 0.4) is 0 Å². The first-order valence-corrected chi connectivity index (χ1v) is 11.1. The number of amides is 2. The molecule has 2 aromatic rings. The molecule has 1 aliphatic carbocycles. The largest absolute Gasteiger partial charge is 0.481 e. The maximum atomic E-state index is 12.3. The molecule has 0 bridgehead atoms. The molecule has 0 radical (unpaired) electrons. The number of benzene rings is 2. The third-order valence-corrected chi connectivity index (χ3v) is 6.27. The molecule has 33 heavy (non-hydrogen) atoms. The van der Waals surface area contributed by atoms with E-state index in [2.05, 4.69) is 34.9 Å². The van der Waals surface area contributed by atoms with Gasteiger partial charge in [-0.15, -0.1) is 0 Å². The number of carbonyl (C=O) groups excluding carboxylic acids is 2. The van der Waals surface area contributed by atoms with Crippen molar-refractivity contribution in [3.05, 3.63) is 59.7 Å². The van der Waals surface area contributed by atoms with Gasteiger partial charge in [0.2, 0.25) is 5.91 Å². The van der Waals surface area contributed by atoms with Gasteiger partial charge < -0.3 is 25.2 Å². The minimum atomic E-state index is -0.955. The standard InChI is InChI=1S/C25H28N2O6/c1-15(24(29)30)11-26-23(28)16-10-17(32-13-16)12-27-25(31)33-14-22-20-8-4-2-6-18(20)19-7-3-5-9-21(19)22/h2-9,15-17,22H,10-14H2,1H3,(H,26,28)(H,27,31)(H,29,30)/t15?,16-,17-/m0/s1. The van der Waals surface area contributed by atoms with Crippen molar-refractivity contribution in [3.8, 4) is 11.1 Å². The lowest BCUT2D eigenvalue weighted by atomic mass is 9.98. The van der Waals surface area contributed by atoms with E-state index in [4.69, 9.17) is 14.6 Å². The average molecular weight is 453 g/mol. The van der Waals surface area contributed by atoms with E-state index in [0.717, 1.165) is 11.1 Å². The first-order chi connectivity index (χ1) is 15.9. The van der Waals surface area contributed by atoms with Crippen LogP contribution in [0.1, 0.15) is 30.4 Å². The van der Waals surface area contributed by atoms with E-state index in [1.807, 2.05) is 24.3 Å². The molecule has 1 fully saturated rings. The van der Waals surface area contributed by atoms with Gasteiger partial charge >= 0.3 is 12.1 Å². The molecule has 174 valence electrons. The van der Waals surface area contributed by atoms with E-state index in [-0.39, 0.29) is 50.2 Å². The number of rotatable bonds is 8. The van der Waals surface area contributed by atoms with Crippen LogP contribution in [-0.4, -0.2) is 55.5 Å². The second kappa shape index (κ2) is 10.0. The van der Waals surface area contributed by atoms with E-state index < -0.39 is 18.0 Å². The summed E-state index contributed by atoms with van der Waals surface area (Å²) in [7, 11) is 0. The minimum absolute atomic E-state index is 0.00727. The van der Waals surface area contributed by atoms with Crippen LogP contribution >= 0.6 is 0 Å². The van der Waals surface area contributed by atoms with Crippen molar-refractivity contribution in [3.63, 3.8) is 0 Å². The third-order valence-electron chi connectivity index (χ3n) is 6.27. The number of carbonyl (C=O) groups is 3. The van der Waals surface area contributed by atoms with E-state index in [9.17, 15) is 14.4 Å². The summed E-state index contributed by atoms with van der Waals surface area (Å²) < 4.78 is 11.1. The van der Waals surface area contributed by atoms with Crippen molar-refractivity contribution in [2.45, 2.75) is 25.4 Å². The van der Waals surface area contributed by atoms with Crippen LogP contribution in [0.15, 0.2) is 48.5 Å². The summed E-state index contributed by atoms with van der Waals surface area (Å²) >= 11 is 0. The van der Waals surface area contributed by atoms with Gasteiger partial charge in [0.1, 0.15) is 6.61 Å². The van der Waals surface area contributed by atoms with E-state index in [1.54, 1.807) is 0 Å². The first-order valence-electron chi connectivity index (χ1n) is 11.1. The lowest BCUT2D eigenvalue weighted by Gasteiger charge is -2.16. The summed E-state index contributed by atoms with van der Waals surface area (Å²) in [6.07, 6.45) is -0.363. The monoisotopic (exact) mass is 452 g/mol. The molecule has 2 amide bonds. The second-order valence-electron chi connectivity index (χ2n) is 8.58. The Bertz CT molecular complexity index is 994. The fraction of sp³-hybridized carbons (Fsp3) is 0.400. The molecule has 1 heterocycles. The zero-order chi connectivity index (χ0) is 23.4. The fourth-order valence-corrected chi connectivity index (χ4v) is 4.36. The number of alkyl carbamates (subject to hydrolysis) is 1. The summed E-state index contributed by atoms with van der Waals surface area (Å²) in [5, 5.41) is 14.3. The second-order valence-corrected chi connectivity index (χ2v) is 8.58. The Hall–Kier alpha value is -3.39. The summed E-state index contributed by atoms with van der Waals surface area (Å²) in [5.41, 5.74) is 4.64. The molecule has 2 aliphatic rings. The molecule has 8 heteroatoms. The Morgan fingerprint density at radius 2 is 1.70 bits per heavy atom. The van der Waals surface area contributed by atoms with Gasteiger partial charge in [0.15, 0.2) is 0 Å². The molecule has 1 saturated heterocycles. The number of fused-ring (bicyclic) bond motifs is 3. The Morgan fingerprint density at radius 1 is 1.06 bits per heavy atom. The quantitative estimate of drug-likeness (QED) is 0.568. The van der Waals surface area contributed by atoms with E-state index >= 15 is 0 Å². The number of carboxylic acids is 1. The smallest absolute Gasteiger partial charge is 0.407 e. The molecule has 3 atom stereocenters. The van der Waals surface area contributed by atoms with Crippen molar-refractivity contribution in [1.82, 2.24) is 10.6 Å². The molecule has 0 spiro atoms. The van der Waals surface area contributed by atoms with Crippen molar-refractivity contribution in [1.29, 1.82) is 0 Å². The van der Waals surface area contributed by atoms with Crippen molar-refractivity contribution in [2.24, 2.45) is 11.8 Å². The van der Waals surface area contributed by atoms with Gasteiger partial charge in [-0.3, -0.25) is 9.59 Å². The predicted molar refractivity (Wildman–Crippen MR) is 121 cm³/mol. The van der Waals surface area contributed by atoms with Gasteiger partial charge in [-0.25, -0.2) is 4.79 Å². The number of carboxylic acid groups (broad SMARTS) is 1. The molecule has 1 aliphatic heterocycles. The summed E-state index contributed by atoms with van der Waals surface area (Å²) in [6, 6.07) is 16.3. The van der Waals surface area contributed by atoms with Gasteiger partial charge in [0.05, 0.1) is 24.5 Å². The summed E-state index contributed by atoms with van der Waals surface area (Å²) in [6.45, 7) is 2.33. The lowest BCUT2D eigenvalue weighted by molar-refractivity contribution is -0.141. The Morgan fingerprint density at radius 3 is 2.33 bits per heavy atom. The Labute approximate surface area is 192 Å². The Kier molecular flexibility index (Phi) is 6.93. The van der Waals surface area contributed by atoms with Crippen LogP contribution in [0.25, 0.3) is 11.1 Å². The minimum Gasteiger partial charge on any atom is -0.481 e. The van der Waals surface area contributed by atoms with Crippen LogP contribution in [0.5, 0.6) is 0 Å². The SMILES string of the molecule is CC(CNC(=O)[C@@H]1CO[C@H](CNC(=O)OCC2c3ccccc3-c3ccccc32)C1)C(=O)O. The fourth-order valence-electron chi connectivity index (χ4n) is 4.36. The molecule has 8 nitrogen and oxygen atoms in total. The van der Waals surface area contributed by atoms with Crippen LogP contribution in [0, 0.1) is 11.8 Å².